The number of carbonyl (C=O) groups is 2. The maximum absolute atomic E-state index is 13.1. The van der Waals surface area contributed by atoms with Gasteiger partial charge in [-0.25, -0.2) is 0 Å². The van der Waals surface area contributed by atoms with Crippen molar-refractivity contribution in [2.45, 2.75) is 66.6 Å². The highest BCUT2D eigenvalue weighted by atomic mass is 16.5. The molecule has 2 aromatic rings. The van der Waals surface area contributed by atoms with Crippen LogP contribution in [0.2, 0.25) is 0 Å². The van der Waals surface area contributed by atoms with Crippen molar-refractivity contribution in [2.75, 3.05) is 6.61 Å². The van der Waals surface area contributed by atoms with Crippen LogP contribution in [0.4, 0.5) is 0 Å². The van der Waals surface area contributed by atoms with Crippen molar-refractivity contribution in [2.24, 2.45) is 0 Å². The van der Waals surface area contributed by atoms with E-state index in [1.165, 1.54) is 5.56 Å². The van der Waals surface area contributed by atoms with Crippen LogP contribution in [-0.2, 0) is 16.1 Å². The number of carbonyl (C=O) groups excluding carboxylic acids is 2. The lowest BCUT2D eigenvalue weighted by Crippen LogP contribution is -2.50. The number of ether oxygens (including phenoxy) is 1. The standard InChI is InChI=1S/C25H34N2O3/c1-7-20(5)26-25(29)21(6)27(15-22-10-8-9-17(2)13-22)24(28)16-30-23-12-11-18(3)19(4)14-23/h8-14,20-21H,7,15-16H2,1-6H3,(H,26,29)/t20-,21-/m0/s1. The molecule has 0 spiro atoms. The Kier molecular flexibility index (Phi) is 8.46. The van der Waals surface area contributed by atoms with Crippen LogP contribution >= 0.6 is 0 Å². The van der Waals surface area contributed by atoms with Crippen LogP contribution in [0.25, 0.3) is 0 Å². The van der Waals surface area contributed by atoms with E-state index in [0.29, 0.717) is 12.3 Å². The molecule has 0 unspecified atom stereocenters. The van der Waals surface area contributed by atoms with Gasteiger partial charge in [0.25, 0.3) is 5.91 Å². The largest absolute Gasteiger partial charge is 0.484 e. The Balaban J connectivity index is 2.16. The van der Waals surface area contributed by atoms with Crippen LogP contribution in [0, 0.1) is 20.8 Å². The second-order valence-corrected chi connectivity index (χ2v) is 8.04. The van der Waals surface area contributed by atoms with Crippen molar-refractivity contribution >= 4 is 11.8 Å². The van der Waals surface area contributed by atoms with Gasteiger partial charge < -0.3 is 15.0 Å². The Morgan fingerprint density at radius 2 is 1.77 bits per heavy atom. The van der Waals surface area contributed by atoms with E-state index < -0.39 is 6.04 Å². The van der Waals surface area contributed by atoms with Crippen LogP contribution in [-0.4, -0.2) is 35.4 Å². The molecule has 30 heavy (non-hydrogen) atoms. The van der Waals surface area contributed by atoms with Gasteiger partial charge in [-0.15, -0.1) is 0 Å². The van der Waals surface area contributed by atoms with E-state index in [0.717, 1.165) is 23.1 Å². The molecule has 0 aromatic heterocycles. The summed E-state index contributed by atoms with van der Waals surface area (Å²) in [5.41, 5.74) is 4.38. The summed E-state index contributed by atoms with van der Waals surface area (Å²) in [4.78, 5) is 27.4. The molecule has 0 aliphatic rings. The highest BCUT2D eigenvalue weighted by molar-refractivity contribution is 5.88. The summed E-state index contributed by atoms with van der Waals surface area (Å²) >= 11 is 0. The molecule has 0 saturated carbocycles. The number of aryl methyl sites for hydroxylation is 3. The number of benzene rings is 2. The van der Waals surface area contributed by atoms with E-state index in [1.54, 1.807) is 11.8 Å². The SMILES string of the molecule is CC[C@H](C)NC(=O)[C@H](C)N(Cc1cccc(C)c1)C(=O)COc1ccc(C)c(C)c1. The Hall–Kier alpha value is -2.82. The maximum Gasteiger partial charge on any atom is 0.261 e. The molecule has 5 nitrogen and oxygen atoms in total. The van der Waals surface area contributed by atoms with Crippen LogP contribution in [0.3, 0.4) is 0 Å². The first-order chi connectivity index (χ1) is 14.2. The van der Waals surface area contributed by atoms with Crippen LogP contribution in [0.1, 0.15) is 49.4 Å². The molecular formula is C25H34N2O3. The van der Waals surface area contributed by atoms with Gasteiger partial charge in [0.2, 0.25) is 5.91 Å². The zero-order chi connectivity index (χ0) is 22.3. The molecule has 1 N–H and O–H groups in total. The van der Waals surface area contributed by atoms with Crippen LogP contribution in [0.5, 0.6) is 5.75 Å². The van der Waals surface area contributed by atoms with E-state index in [4.69, 9.17) is 4.74 Å². The summed E-state index contributed by atoms with van der Waals surface area (Å²) < 4.78 is 5.76. The number of hydrogen-bond donors (Lipinski definition) is 1. The lowest BCUT2D eigenvalue weighted by atomic mass is 10.1. The monoisotopic (exact) mass is 410 g/mol. The molecule has 2 aromatic carbocycles. The molecule has 0 aliphatic carbocycles. The fourth-order valence-electron chi connectivity index (χ4n) is 3.09. The third-order valence-corrected chi connectivity index (χ3v) is 5.44. The van der Waals surface area contributed by atoms with Gasteiger partial charge in [-0.1, -0.05) is 42.8 Å². The summed E-state index contributed by atoms with van der Waals surface area (Å²) in [6.45, 7) is 12.0. The van der Waals surface area contributed by atoms with Gasteiger partial charge in [0.15, 0.2) is 6.61 Å². The van der Waals surface area contributed by atoms with Gasteiger partial charge in [-0.3, -0.25) is 9.59 Å². The van der Waals surface area contributed by atoms with Gasteiger partial charge in [-0.2, -0.15) is 0 Å². The molecule has 2 amide bonds. The van der Waals surface area contributed by atoms with Crippen molar-refractivity contribution < 1.29 is 14.3 Å². The smallest absolute Gasteiger partial charge is 0.261 e. The second-order valence-electron chi connectivity index (χ2n) is 8.04. The van der Waals surface area contributed by atoms with Crippen molar-refractivity contribution in [1.29, 1.82) is 0 Å². The molecule has 0 heterocycles. The Bertz CT molecular complexity index is 878. The highest BCUT2D eigenvalue weighted by Gasteiger charge is 2.27. The van der Waals surface area contributed by atoms with Gasteiger partial charge >= 0.3 is 0 Å². The zero-order valence-electron chi connectivity index (χ0n) is 19.0. The summed E-state index contributed by atoms with van der Waals surface area (Å²) in [5, 5.41) is 2.98. The maximum atomic E-state index is 13.1. The number of nitrogens with zero attached hydrogens (tertiary/aromatic N) is 1. The van der Waals surface area contributed by atoms with Gasteiger partial charge in [-0.05, 0) is 69.9 Å². The molecule has 0 bridgehead atoms. The minimum atomic E-state index is -0.602. The first kappa shape index (κ1) is 23.5. The average Bonchev–Trinajstić information content (AvgIpc) is 2.72. The zero-order valence-corrected chi connectivity index (χ0v) is 19.0. The Morgan fingerprint density at radius 1 is 1.03 bits per heavy atom. The number of hydrogen-bond acceptors (Lipinski definition) is 3. The van der Waals surface area contributed by atoms with E-state index in [9.17, 15) is 9.59 Å². The van der Waals surface area contributed by atoms with E-state index in [-0.39, 0.29) is 24.5 Å². The molecule has 5 heteroatoms. The van der Waals surface area contributed by atoms with E-state index >= 15 is 0 Å². The second kappa shape index (κ2) is 10.8. The van der Waals surface area contributed by atoms with Gasteiger partial charge in [0, 0.05) is 12.6 Å². The Labute approximate surface area is 180 Å². The van der Waals surface area contributed by atoms with Gasteiger partial charge in [0.05, 0.1) is 0 Å². The van der Waals surface area contributed by atoms with Crippen LogP contribution < -0.4 is 10.1 Å². The summed E-state index contributed by atoms with van der Waals surface area (Å²) in [7, 11) is 0. The predicted molar refractivity (Wildman–Crippen MR) is 120 cm³/mol. The molecular weight excluding hydrogens is 376 g/mol. The van der Waals surface area contributed by atoms with E-state index in [2.05, 4.69) is 5.32 Å². The molecule has 0 fully saturated rings. The summed E-state index contributed by atoms with van der Waals surface area (Å²) in [5.74, 6) is 0.275. The van der Waals surface area contributed by atoms with Crippen molar-refractivity contribution in [1.82, 2.24) is 10.2 Å². The predicted octanol–water partition coefficient (Wildman–Crippen LogP) is 4.32. The highest BCUT2D eigenvalue weighted by Crippen LogP contribution is 2.17. The molecule has 0 saturated heterocycles. The van der Waals surface area contributed by atoms with Crippen molar-refractivity contribution in [3.63, 3.8) is 0 Å². The number of rotatable bonds is 9. The van der Waals surface area contributed by atoms with Crippen molar-refractivity contribution in [3.05, 3.63) is 64.7 Å². The molecule has 162 valence electrons. The summed E-state index contributed by atoms with van der Waals surface area (Å²) in [6.07, 6.45) is 0.834. The third kappa shape index (κ3) is 6.61. The quantitative estimate of drug-likeness (QED) is 0.670. The van der Waals surface area contributed by atoms with Crippen LogP contribution in [0.15, 0.2) is 42.5 Å². The molecule has 2 rings (SSSR count). The van der Waals surface area contributed by atoms with Crippen molar-refractivity contribution in [3.8, 4) is 5.75 Å². The summed E-state index contributed by atoms with van der Waals surface area (Å²) in [6, 6.07) is 13.2. The van der Waals surface area contributed by atoms with Gasteiger partial charge in [0.1, 0.15) is 11.8 Å². The topological polar surface area (TPSA) is 58.6 Å². The third-order valence-electron chi connectivity index (χ3n) is 5.44. The Morgan fingerprint density at radius 3 is 2.40 bits per heavy atom. The van der Waals surface area contributed by atoms with E-state index in [1.807, 2.05) is 77.1 Å². The number of amides is 2. The fraction of sp³-hybridized carbons (Fsp3) is 0.440. The first-order valence-corrected chi connectivity index (χ1v) is 10.6. The normalized spacial score (nSPS) is 12.7. The minimum absolute atomic E-state index is 0.0580. The average molecular weight is 411 g/mol. The lowest BCUT2D eigenvalue weighted by Gasteiger charge is -2.29. The lowest BCUT2D eigenvalue weighted by molar-refractivity contribution is -0.142. The molecule has 0 aliphatic heterocycles. The molecule has 2 atom stereocenters. The number of nitrogens with one attached hydrogen (secondary N) is 1. The molecule has 0 radical (unpaired) electrons. The fourth-order valence-corrected chi connectivity index (χ4v) is 3.09. The first-order valence-electron chi connectivity index (χ1n) is 10.6. The minimum Gasteiger partial charge on any atom is -0.484 e.